The number of allylic oxidation sites excluding steroid dienone is 2. The summed E-state index contributed by atoms with van der Waals surface area (Å²) in [5.74, 6) is 1.53. The van der Waals surface area contributed by atoms with E-state index in [9.17, 15) is 0 Å². The summed E-state index contributed by atoms with van der Waals surface area (Å²) in [4.78, 5) is 7.46. The number of aromatic nitrogens is 1. The summed E-state index contributed by atoms with van der Waals surface area (Å²) in [7, 11) is 0. The standard InChI is InChI=1S/C15H11IN2O/c16-11-5-7-12(8-6-11)19-15(13-3-1-9-17-13)14-4-2-10-18-14/h1-10,17H/b15-14-. The lowest BCUT2D eigenvalue weighted by atomic mass is 10.2. The Morgan fingerprint density at radius 1 is 1.16 bits per heavy atom. The van der Waals surface area contributed by atoms with Crippen LogP contribution in [0.1, 0.15) is 5.69 Å². The molecule has 0 bridgehead atoms. The van der Waals surface area contributed by atoms with Gasteiger partial charge in [0.2, 0.25) is 0 Å². The van der Waals surface area contributed by atoms with Crippen LogP contribution in [0.3, 0.4) is 0 Å². The average molecular weight is 362 g/mol. The molecule has 1 aliphatic rings. The molecule has 3 nitrogen and oxygen atoms in total. The van der Waals surface area contributed by atoms with Crippen molar-refractivity contribution in [3.05, 3.63) is 69.7 Å². The normalized spacial score (nSPS) is 15.8. The minimum Gasteiger partial charge on any atom is -0.453 e. The predicted molar refractivity (Wildman–Crippen MR) is 85.1 cm³/mol. The Morgan fingerprint density at radius 3 is 2.63 bits per heavy atom. The SMILES string of the molecule is Ic1ccc(O/C(=C2/C=CC=N2)c2ccc[nH]2)cc1. The molecule has 1 aliphatic heterocycles. The summed E-state index contributed by atoms with van der Waals surface area (Å²) in [6.45, 7) is 0. The van der Waals surface area contributed by atoms with Crippen LogP contribution in [0.25, 0.3) is 5.76 Å². The molecule has 0 amide bonds. The molecule has 0 saturated heterocycles. The highest BCUT2D eigenvalue weighted by Crippen LogP contribution is 2.26. The summed E-state index contributed by atoms with van der Waals surface area (Å²) in [5, 5.41) is 0. The minimum absolute atomic E-state index is 0.733. The third-order valence-electron chi connectivity index (χ3n) is 2.66. The molecule has 4 heteroatoms. The summed E-state index contributed by atoms with van der Waals surface area (Å²) in [5.41, 5.74) is 1.73. The minimum atomic E-state index is 0.733. The number of hydrogen-bond donors (Lipinski definition) is 1. The third kappa shape index (κ3) is 2.78. The van der Waals surface area contributed by atoms with Crippen molar-refractivity contribution in [1.82, 2.24) is 4.98 Å². The van der Waals surface area contributed by atoms with Gasteiger partial charge in [-0.05, 0) is 71.1 Å². The zero-order valence-corrected chi connectivity index (χ0v) is 12.2. The van der Waals surface area contributed by atoms with E-state index in [0.29, 0.717) is 0 Å². The molecule has 94 valence electrons. The smallest absolute Gasteiger partial charge is 0.176 e. The molecule has 1 aromatic heterocycles. The van der Waals surface area contributed by atoms with Crippen molar-refractivity contribution in [3.8, 4) is 5.75 Å². The molecule has 19 heavy (non-hydrogen) atoms. The lowest BCUT2D eigenvalue weighted by Gasteiger charge is -2.10. The van der Waals surface area contributed by atoms with Crippen LogP contribution in [0.5, 0.6) is 5.75 Å². The monoisotopic (exact) mass is 362 g/mol. The number of aliphatic imine (C=N–C) groups is 1. The van der Waals surface area contributed by atoms with Crippen molar-refractivity contribution in [2.24, 2.45) is 4.99 Å². The molecule has 0 fully saturated rings. The van der Waals surface area contributed by atoms with Gasteiger partial charge in [-0.3, -0.25) is 4.99 Å². The summed E-state index contributed by atoms with van der Waals surface area (Å²) < 4.78 is 7.16. The maximum atomic E-state index is 5.98. The summed E-state index contributed by atoms with van der Waals surface area (Å²) in [6, 6.07) is 11.8. The molecule has 2 aromatic rings. The lowest BCUT2D eigenvalue weighted by molar-refractivity contribution is 0.509. The second kappa shape index (κ2) is 5.44. The van der Waals surface area contributed by atoms with Gasteiger partial charge in [-0.15, -0.1) is 0 Å². The van der Waals surface area contributed by atoms with Gasteiger partial charge in [-0.1, -0.05) is 0 Å². The Morgan fingerprint density at radius 2 is 2.00 bits per heavy atom. The van der Waals surface area contributed by atoms with E-state index in [0.717, 1.165) is 22.9 Å². The van der Waals surface area contributed by atoms with Gasteiger partial charge in [0, 0.05) is 16.0 Å². The first kappa shape index (κ1) is 12.2. The largest absolute Gasteiger partial charge is 0.453 e. The Kier molecular flexibility index (Phi) is 3.50. The molecule has 2 heterocycles. The van der Waals surface area contributed by atoms with Crippen molar-refractivity contribution in [2.45, 2.75) is 0 Å². The Hall–Kier alpha value is -1.82. The van der Waals surface area contributed by atoms with Gasteiger partial charge >= 0.3 is 0 Å². The zero-order valence-electron chi connectivity index (χ0n) is 10.0. The molecule has 0 atom stereocenters. The van der Waals surface area contributed by atoms with Crippen LogP contribution in [0.2, 0.25) is 0 Å². The third-order valence-corrected chi connectivity index (χ3v) is 3.38. The second-order valence-electron chi connectivity index (χ2n) is 3.99. The molecule has 0 spiro atoms. The molecule has 3 rings (SSSR count). The van der Waals surface area contributed by atoms with Gasteiger partial charge in [0.1, 0.15) is 11.4 Å². The molecular weight excluding hydrogens is 351 g/mol. The fourth-order valence-corrected chi connectivity index (χ4v) is 2.13. The quantitative estimate of drug-likeness (QED) is 0.650. The molecule has 0 radical (unpaired) electrons. The van der Waals surface area contributed by atoms with E-state index in [1.165, 1.54) is 3.57 Å². The van der Waals surface area contributed by atoms with E-state index >= 15 is 0 Å². The number of benzene rings is 1. The van der Waals surface area contributed by atoms with Crippen LogP contribution in [-0.4, -0.2) is 11.2 Å². The van der Waals surface area contributed by atoms with Crippen LogP contribution in [0.15, 0.2) is 65.4 Å². The van der Waals surface area contributed by atoms with Crippen molar-refractivity contribution < 1.29 is 4.74 Å². The van der Waals surface area contributed by atoms with E-state index in [2.05, 4.69) is 32.6 Å². The average Bonchev–Trinajstić information content (AvgIpc) is 3.11. The van der Waals surface area contributed by atoms with Crippen molar-refractivity contribution in [1.29, 1.82) is 0 Å². The highest BCUT2D eigenvalue weighted by molar-refractivity contribution is 14.1. The number of rotatable bonds is 3. The Bertz CT molecular complexity index is 638. The number of nitrogens with one attached hydrogen (secondary N) is 1. The van der Waals surface area contributed by atoms with Crippen molar-refractivity contribution >= 4 is 34.6 Å². The predicted octanol–water partition coefficient (Wildman–Crippen LogP) is 4.01. The van der Waals surface area contributed by atoms with Crippen LogP contribution in [-0.2, 0) is 0 Å². The number of aromatic amines is 1. The Labute approximate surface area is 124 Å². The van der Waals surface area contributed by atoms with Crippen LogP contribution >= 0.6 is 22.6 Å². The Balaban J connectivity index is 1.97. The van der Waals surface area contributed by atoms with Crippen LogP contribution in [0.4, 0.5) is 0 Å². The molecular formula is C15H11IN2O. The number of H-pyrrole nitrogens is 1. The zero-order chi connectivity index (χ0) is 13.1. The molecule has 0 aliphatic carbocycles. The molecule has 0 unspecified atom stereocenters. The van der Waals surface area contributed by atoms with Gasteiger partial charge in [0.25, 0.3) is 0 Å². The van der Waals surface area contributed by atoms with E-state index < -0.39 is 0 Å². The summed E-state index contributed by atoms with van der Waals surface area (Å²) in [6.07, 6.45) is 7.46. The number of ether oxygens (including phenoxy) is 1. The van der Waals surface area contributed by atoms with E-state index in [1.54, 1.807) is 6.21 Å². The topological polar surface area (TPSA) is 37.4 Å². The molecule has 1 N–H and O–H groups in total. The molecule has 1 aromatic carbocycles. The van der Waals surface area contributed by atoms with Gasteiger partial charge in [-0.2, -0.15) is 0 Å². The number of nitrogens with zero attached hydrogens (tertiary/aromatic N) is 1. The maximum absolute atomic E-state index is 5.98. The van der Waals surface area contributed by atoms with E-state index in [1.807, 2.05) is 54.7 Å². The first-order chi connectivity index (χ1) is 9.33. The highest BCUT2D eigenvalue weighted by atomic mass is 127. The number of halogens is 1. The van der Waals surface area contributed by atoms with Gasteiger partial charge in [0.05, 0.1) is 5.69 Å². The van der Waals surface area contributed by atoms with Gasteiger partial charge < -0.3 is 9.72 Å². The molecule has 0 saturated carbocycles. The first-order valence-electron chi connectivity index (χ1n) is 5.85. The van der Waals surface area contributed by atoms with E-state index in [-0.39, 0.29) is 0 Å². The van der Waals surface area contributed by atoms with Crippen LogP contribution < -0.4 is 4.74 Å². The first-order valence-corrected chi connectivity index (χ1v) is 6.93. The summed E-state index contributed by atoms with van der Waals surface area (Å²) >= 11 is 2.27. The fourth-order valence-electron chi connectivity index (χ4n) is 1.77. The van der Waals surface area contributed by atoms with Crippen molar-refractivity contribution in [3.63, 3.8) is 0 Å². The second-order valence-corrected chi connectivity index (χ2v) is 5.24. The lowest BCUT2D eigenvalue weighted by Crippen LogP contribution is -1.98. The fraction of sp³-hybridized carbons (Fsp3) is 0. The van der Waals surface area contributed by atoms with Gasteiger partial charge in [-0.25, -0.2) is 0 Å². The highest BCUT2D eigenvalue weighted by Gasteiger charge is 2.12. The maximum Gasteiger partial charge on any atom is 0.176 e. The van der Waals surface area contributed by atoms with Crippen LogP contribution in [0, 0.1) is 3.57 Å². The van der Waals surface area contributed by atoms with Gasteiger partial charge in [0.15, 0.2) is 5.76 Å². The van der Waals surface area contributed by atoms with Crippen molar-refractivity contribution in [2.75, 3.05) is 0 Å². The number of hydrogen-bond acceptors (Lipinski definition) is 2. The van der Waals surface area contributed by atoms with E-state index in [4.69, 9.17) is 4.74 Å².